The van der Waals surface area contributed by atoms with Crippen LogP contribution in [0.25, 0.3) is 11.1 Å². The minimum atomic E-state index is -0.233. The van der Waals surface area contributed by atoms with Gasteiger partial charge in [-0.25, -0.2) is 14.8 Å². The lowest BCUT2D eigenvalue weighted by molar-refractivity contribution is 0.125. The van der Waals surface area contributed by atoms with Crippen molar-refractivity contribution in [3.05, 3.63) is 42.1 Å². The predicted molar refractivity (Wildman–Crippen MR) is 102 cm³/mol. The lowest BCUT2D eigenvalue weighted by Crippen LogP contribution is -2.33. The van der Waals surface area contributed by atoms with Crippen molar-refractivity contribution < 1.29 is 9.53 Å². The van der Waals surface area contributed by atoms with Crippen LogP contribution in [0.3, 0.4) is 0 Å². The standard InChI is InChI=1S/C19H20N6O2/c1-2-3-17-16-9-14-8-12(4-6-15(14)25(16)19(26)27-17)13-5-7-18(21-10-13)22-11-23-24-20/h4-8,10-11,16-17H,2-3,9H2,1H3,(H2,20,21,22,23). The van der Waals surface area contributed by atoms with Crippen LogP contribution in [0.1, 0.15) is 25.3 Å². The molecule has 1 amide bonds. The van der Waals surface area contributed by atoms with E-state index in [1.54, 1.807) is 12.3 Å². The van der Waals surface area contributed by atoms with Crippen molar-refractivity contribution >= 4 is 23.9 Å². The maximum atomic E-state index is 12.3. The molecule has 1 aromatic heterocycles. The number of anilines is 1. The molecule has 2 N–H and O–H groups in total. The van der Waals surface area contributed by atoms with E-state index in [0.29, 0.717) is 5.82 Å². The number of benzene rings is 1. The molecule has 2 aliphatic rings. The summed E-state index contributed by atoms with van der Waals surface area (Å²) in [6.07, 6.45) is 5.46. The Labute approximate surface area is 156 Å². The highest BCUT2D eigenvalue weighted by Crippen LogP contribution is 2.41. The summed E-state index contributed by atoms with van der Waals surface area (Å²) in [5.41, 5.74) is 4.16. The minimum absolute atomic E-state index is 0.0252. The molecule has 27 heavy (non-hydrogen) atoms. The Morgan fingerprint density at radius 1 is 1.33 bits per heavy atom. The Kier molecular flexibility index (Phi) is 4.53. The normalized spacial score (nSPS) is 21.1. The first kappa shape index (κ1) is 17.1. The van der Waals surface area contributed by atoms with Crippen LogP contribution in [-0.2, 0) is 11.2 Å². The van der Waals surface area contributed by atoms with E-state index in [1.165, 1.54) is 11.9 Å². The number of aliphatic imine (C=N–C) groups is 1. The second-order valence-corrected chi connectivity index (χ2v) is 6.58. The quantitative estimate of drug-likeness (QED) is 0.286. The highest BCUT2D eigenvalue weighted by Gasteiger charge is 2.46. The van der Waals surface area contributed by atoms with Crippen molar-refractivity contribution in [1.29, 1.82) is 0 Å². The Balaban J connectivity index is 1.58. The molecule has 0 radical (unpaired) electrons. The molecule has 1 fully saturated rings. The number of carbonyl (C=O) groups is 1. The average Bonchev–Trinajstić information content (AvgIpc) is 3.20. The second kappa shape index (κ2) is 7.14. The van der Waals surface area contributed by atoms with Crippen molar-refractivity contribution in [3.63, 3.8) is 0 Å². The van der Waals surface area contributed by atoms with Gasteiger partial charge in [0.25, 0.3) is 0 Å². The zero-order chi connectivity index (χ0) is 18.8. The molecule has 8 heteroatoms. The topological polar surface area (TPSA) is 106 Å². The molecule has 1 saturated heterocycles. The second-order valence-electron chi connectivity index (χ2n) is 6.58. The van der Waals surface area contributed by atoms with Crippen LogP contribution in [0.15, 0.2) is 51.9 Å². The monoisotopic (exact) mass is 364 g/mol. The van der Waals surface area contributed by atoms with Crippen LogP contribution >= 0.6 is 0 Å². The summed E-state index contributed by atoms with van der Waals surface area (Å²) in [6.45, 7) is 2.11. The third kappa shape index (κ3) is 3.14. The number of nitrogens with two attached hydrogens (primary N) is 1. The van der Waals surface area contributed by atoms with Gasteiger partial charge in [0.2, 0.25) is 0 Å². The molecule has 138 valence electrons. The number of pyridine rings is 1. The maximum absolute atomic E-state index is 12.3. The van der Waals surface area contributed by atoms with E-state index in [2.05, 4.69) is 33.3 Å². The van der Waals surface area contributed by atoms with Gasteiger partial charge in [0.1, 0.15) is 12.4 Å². The summed E-state index contributed by atoms with van der Waals surface area (Å²) in [4.78, 5) is 22.4. The molecule has 2 atom stereocenters. The van der Waals surface area contributed by atoms with Crippen molar-refractivity contribution in [2.24, 2.45) is 21.2 Å². The van der Waals surface area contributed by atoms with Gasteiger partial charge < -0.3 is 10.6 Å². The molecular formula is C19H20N6O2. The zero-order valence-corrected chi connectivity index (χ0v) is 14.9. The highest BCUT2D eigenvalue weighted by molar-refractivity contribution is 5.94. The van der Waals surface area contributed by atoms with E-state index in [1.807, 2.05) is 23.1 Å². The van der Waals surface area contributed by atoms with Gasteiger partial charge in [-0.05, 0) is 48.2 Å². The fraction of sp³-hybridized carbons (Fsp3) is 0.316. The number of nitrogens with zero attached hydrogens (tertiary/aromatic N) is 5. The van der Waals surface area contributed by atoms with E-state index in [-0.39, 0.29) is 18.2 Å². The van der Waals surface area contributed by atoms with Gasteiger partial charge in [-0.2, -0.15) is 0 Å². The molecule has 2 aromatic rings. The zero-order valence-electron chi connectivity index (χ0n) is 14.9. The SMILES string of the molecule is CCCC1OC(=O)N2c3ccc(-c4ccc(N=CN=NN)nc4)cc3CC12. The first-order chi connectivity index (χ1) is 13.2. The lowest BCUT2D eigenvalue weighted by Gasteiger charge is -2.15. The predicted octanol–water partition coefficient (Wildman–Crippen LogP) is 3.78. The van der Waals surface area contributed by atoms with Gasteiger partial charge in [-0.3, -0.25) is 4.90 Å². The van der Waals surface area contributed by atoms with Gasteiger partial charge in [0.15, 0.2) is 5.82 Å². The molecular weight excluding hydrogens is 344 g/mol. The molecule has 0 bridgehead atoms. The third-order valence-electron chi connectivity index (χ3n) is 4.94. The number of carbonyl (C=O) groups excluding carboxylic acids is 1. The fourth-order valence-corrected chi connectivity index (χ4v) is 3.74. The lowest BCUT2D eigenvalue weighted by atomic mass is 9.99. The van der Waals surface area contributed by atoms with Crippen LogP contribution < -0.4 is 10.7 Å². The van der Waals surface area contributed by atoms with Crippen molar-refractivity contribution in [1.82, 2.24) is 4.98 Å². The molecule has 0 spiro atoms. The Bertz CT molecular complexity index is 909. The largest absolute Gasteiger partial charge is 0.444 e. The first-order valence-electron chi connectivity index (χ1n) is 8.93. The fourth-order valence-electron chi connectivity index (χ4n) is 3.74. The number of fused-ring (bicyclic) bond motifs is 3. The molecule has 2 aliphatic heterocycles. The smallest absolute Gasteiger partial charge is 0.415 e. The number of hydrogen-bond acceptors (Lipinski definition) is 5. The summed E-state index contributed by atoms with van der Waals surface area (Å²) in [5, 5.41) is 6.58. The van der Waals surface area contributed by atoms with Gasteiger partial charge in [-0.1, -0.05) is 24.6 Å². The molecule has 0 aliphatic carbocycles. The van der Waals surface area contributed by atoms with Crippen LogP contribution in [-0.4, -0.2) is 29.6 Å². The number of rotatable bonds is 5. The Morgan fingerprint density at radius 3 is 2.93 bits per heavy atom. The van der Waals surface area contributed by atoms with Gasteiger partial charge in [0.05, 0.1) is 11.7 Å². The summed E-state index contributed by atoms with van der Waals surface area (Å²) >= 11 is 0. The highest BCUT2D eigenvalue weighted by atomic mass is 16.6. The van der Waals surface area contributed by atoms with Crippen LogP contribution in [0, 0.1) is 0 Å². The number of cyclic esters (lactones) is 1. The molecule has 4 rings (SSSR count). The molecule has 1 aromatic carbocycles. The summed E-state index contributed by atoms with van der Waals surface area (Å²) in [5.74, 6) is 5.45. The summed E-state index contributed by atoms with van der Waals surface area (Å²) in [6, 6.07) is 9.99. The summed E-state index contributed by atoms with van der Waals surface area (Å²) in [7, 11) is 0. The third-order valence-corrected chi connectivity index (χ3v) is 4.94. The van der Waals surface area contributed by atoms with Gasteiger partial charge in [0, 0.05) is 11.8 Å². The number of ether oxygens (including phenoxy) is 1. The van der Waals surface area contributed by atoms with Crippen molar-refractivity contribution in [3.8, 4) is 11.1 Å². The molecule has 3 heterocycles. The number of hydrogen-bond donors (Lipinski definition) is 1. The van der Waals surface area contributed by atoms with E-state index in [9.17, 15) is 4.79 Å². The maximum Gasteiger partial charge on any atom is 0.415 e. The van der Waals surface area contributed by atoms with E-state index < -0.39 is 0 Å². The van der Waals surface area contributed by atoms with Crippen LogP contribution in [0.2, 0.25) is 0 Å². The average molecular weight is 364 g/mol. The molecule has 8 nitrogen and oxygen atoms in total. The van der Waals surface area contributed by atoms with Crippen LogP contribution in [0.5, 0.6) is 0 Å². The van der Waals surface area contributed by atoms with Crippen LogP contribution in [0.4, 0.5) is 16.3 Å². The van der Waals surface area contributed by atoms with Crippen molar-refractivity contribution in [2.75, 3.05) is 4.90 Å². The molecule has 0 saturated carbocycles. The molecule has 2 unspecified atom stereocenters. The van der Waals surface area contributed by atoms with Gasteiger partial charge in [-0.15, -0.1) is 5.11 Å². The van der Waals surface area contributed by atoms with Crippen molar-refractivity contribution in [2.45, 2.75) is 38.3 Å². The Morgan fingerprint density at radius 2 is 2.19 bits per heavy atom. The van der Waals surface area contributed by atoms with E-state index in [0.717, 1.165) is 36.1 Å². The number of aromatic nitrogens is 1. The number of amides is 1. The summed E-state index contributed by atoms with van der Waals surface area (Å²) < 4.78 is 5.54. The van der Waals surface area contributed by atoms with Gasteiger partial charge >= 0.3 is 6.09 Å². The first-order valence-corrected chi connectivity index (χ1v) is 8.93. The van der Waals surface area contributed by atoms with E-state index in [4.69, 9.17) is 10.6 Å². The minimum Gasteiger partial charge on any atom is -0.444 e. The Hall–Kier alpha value is -3.29. The van der Waals surface area contributed by atoms with E-state index >= 15 is 0 Å².